The van der Waals surface area contributed by atoms with Gasteiger partial charge < -0.3 is 4.74 Å². The molecule has 1 aromatic rings. The minimum atomic E-state index is -3.86. The smallest absolute Gasteiger partial charge is 0.312 e. The van der Waals surface area contributed by atoms with Gasteiger partial charge in [0.2, 0.25) is 10.0 Å². The van der Waals surface area contributed by atoms with E-state index in [2.05, 4.69) is 10.6 Å². The molecule has 0 aliphatic carbocycles. The van der Waals surface area contributed by atoms with Crippen LogP contribution in [0.3, 0.4) is 0 Å². The Morgan fingerprint density at radius 2 is 2.22 bits per heavy atom. The second kappa shape index (κ2) is 5.48. The van der Waals surface area contributed by atoms with Gasteiger partial charge >= 0.3 is 5.69 Å². The second-order valence-corrected chi connectivity index (χ2v) is 4.89. The van der Waals surface area contributed by atoms with E-state index >= 15 is 0 Å². The third-order valence-corrected chi connectivity index (χ3v) is 3.42. The molecule has 0 bridgehead atoms. The van der Waals surface area contributed by atoms with E-state index in [1.165, 1.54) is 19.2 Å². The first-order chi connectivity index (χ1) is 8.42. The topological polar surface area (TPSA) is 98.5 Å². The molecule has 96 valence electrons. The number of hydrogen-bond acceptors (Lipinski definition) is 5. The average Bonchev–Trinajstić information content (AvgIpc) is 2.35. The molecule has 1 aromatic carbocycles. The molecule has 1 rings (SSSR count). The van der Waals surface area contributed by atoms with Crippen LogP contribution in [0.25, 0.3) is 0 Å². The van der Waals surface area contributed by atoms with Gasteiger partial charge in [0.15, 0.2) is 5.75 Å². The summed E-state index contributed by atoms with van der Waals surface area (Å²) in [7, 11) is -2.60. The van der Waals surface area contributed by atoms with Gasteiger partial charge in [-0.25, -0.2) is 8.42 Å². The molecule has 0 radical (unpaired) electrons. The molecule has 0 aromatic heterocycles. The molecular weight excluding hydrogens is 260 g/mol. The Hall–Kier alpha value is -2.11. The fraction of sp³-hybridized carbons (Fsp3) is 0.200. The Morgan fingerprint density at radius 3 is 2.72 bits per heavy atom. The van der Waals surface area contributed by atoms with Crippen molar-refractivity contribution in [2.75, 3.05) is 13.7 Å². The maximum atomic E-state index is 11.7. The van der Waals surface area contributed by atoms with Gasteiger partial charge in [-0.2, -0.15) is 4.72 Å². The number of ether oxygens (including phenoxy) is 1. The Morgan fingerprint density at radius 1 is 1.56 bits per heavy atom. The van der Waals surface area contributed by atoms with Crippen LogP contribution in [-0.4, -0.2) is 27.0 Å². The van der Waals surface area contributed by atoms with Crippen LogP contribution in [0.4, 0.5) is 5.69 Å². The molecule has 0 amide bonds. The number of nitro groups is 1. The Kier molecular flexibility index (Phi) is 4.25. The molecule has 1 N–H and O–H groups in total. The predicted molar refractivity (Wildman–Crippen MR) is 63.7 cm³/mol. The molecule has 0 spiro atoms. The van der Waals surface area contributed by atoms with Crippen LogP contribution in [-0.2, 0) is 10.0 Å². The fourth-order valence-corrected chi connectivity index (χ4v) is 2.15. The molecular formula is C10H10N2O5S. The van der Waals surface area contributed by atoms with Crippen molar-refractivity contribution in [2.24, 2.45) is 0 Å². The zero-order chi connectivity index (χ0) is 13.8. The first kappa shape index (κ1) is 14.0. The molecule has 0 saturated heterocycles. The number of methoxy groups -OCH3 is 1. The molecule has 0 fully saturated rings. The summed E-state index contributed by atoms with van der Waals surface area (Å²) in [6, 6.07) is 3.32. The number of terminal acetylenes is 1. The van der Waals surface area contributed by atoms with Crippen LogP contribution < -0.4 is 9.46 Å². The van der Waals surface area contributed by atoms with Gasteiger partial charge in [-0.1, -0.05) is 5.92 Å². The normalized spacial score (nSPS) is 10.7. The van der Waals surface area contributed by atoms with Crippen LogP contribution in [0.15, 0.2) is 23.1 Å². The summed E-state index contributed by atoms with van der Waals surface area (Å²) in [5.41, 5.74) is -0.430. The number of nitrogens with zero attached hydrogens (tertiary/aromatic N) is 1. The van der Waals surface area contributed by atoms with Crippen molar-refractivity contribution in [3.8, 4) is 18.1 Å². The Balaban J connectivity index is 3.25. The molecule has 7 nitrogen and oxygen atoms in total. The lowest BCUT2D eigenvalue weighted by Crippen LogP contribution is -2.24. The maximum absolute atomic E-state index is 11.7. The number of rotatable bonds is 5. The second-order valence-electron chi connectivity index (χ2n) is 3.12. The summed E-state index contributed by atoms with van der Waals surface area (Å²) >= 11 is 0. The van der Waals surface area contributed by atoms with Gasteiger partial charge in [-0.05, 0) is 12.1 Å². The van der Waals surface area contributed by atoms with E-state index in [0.29, 0.717) is 0 Å². The highest BCUT2D eigenvalue weighted by Gasteiger charge is 2.21. The third-order valence-electron chi connectivity index (χ3n) is 2.02. The summed E-state index contributed by atoms with van der Waals surface area (Å²) in [5, 5.41) is 10.8. The van der Waals surface area contributed by atoms with Crippen LogP contribution >= 0.6 is 0 Å². The van der Waals surface area contributed by atoms with Gasteiger partial charge in [0.1, 0.15) is 0 Å². The summed E-state index contributed by atoms with van der Waals surface area (Å²) in [6.45, 7) is -0.192. The zero-order valence-corrected chi connectivity index (χ0v) is 10.2. The van der Waals surface area contributed by atoms with E-state index in [1.807, 2.05) is 0 Å². The van der Waals surface area contributed by atoms with E-state index in [4.69, 9.17) is 11.2 Å². The van der Waals surface area contributed by atoms with Gasteiger partial charge in [-0.15, -0.1) is 6.42 Å². The molecule has 0 unspecified atom stereocenters. The number of sulfonamides is 1. The van der Waals surface area contributed by atoms with E-state index in [9.17, 15) is 18.5 Å². The lowest BCUT2D eigenvalue weighted by Gasteiger charge is -2.06. The van der Waals surface area contributed by atoms with Crippen LogP contribution in [0.5, 0.6) is 5.75 Å². The van der Waals surface area contributed by atoms with Crippen molar-refractivity contribution in [1.29, 1.82) is 0 Å². The minimum Gasteiger partial charge on any atom is -0.490 e. The average molecular weight is 270 g/mol. The summed E-state index contributed by atoms with van der Waals surface area (Å²) < 4.78 is 30.3. The van der Waals surface area contributed by atoms with Crippen LogP contribution in [0.2, 0.25) is 0 Å². The molecule has 0 heterocycles. The Labute approximate surface area is 104 Å². The first-order valence-corrected chi connectivity index (χ1v) is 6.16. The number of benzene rings is 1. The lowest BCUT2D eigenvalue weighted by molar-refractivity contribution is -0.386. The van der Waals surface area contributed by atoms with Crippen molar-refractivity contribution in [1.82, 2.24) is 4.72 Å². The molecule has 0 saturated carbocycles. The molecule has 18 heavy (non-hydrogen) atoms. The third kappa shape index (κ3) is 2.97. The van der Waals surface area contributed by atoms with Gasteiger partial charge in [0, 0.05) is 6.07 Å². The molecule has 0 atom stereocenters. The highest BCUT2D eigenvalue weighted by atomic mass is 32.2. The van der Waals surface area contributed by atoms with Gasteiger partial charge in [0.25, 0.3) is 0 Å². The SMILES string of the molecule is C#CCNS(=O)(=O)c1ccc(OC)c([N+](=O)[O-])c1. The van der Waals surface area contributed by atoms with Crippen molar-refractivity contribution in [3.05, 3.63) is 28.3 Å². The quantitative estimate of drug-likeness (QED) is 0.477. The standard InChI is InChI=1S/C10H10N2O5S/c1-3-6-11-18(15,16)8-4-5-10(17-2)9(7-8)12(13)14/h1,4-5,7,11H,6H2,2H3. The van der Waals surface area contributed by atoms with Crippen LogP contribution in [0.1, 0.15) is 0 Å². The first-order valence-electron chi connectivity index (χ1n) is 4.68. The summed E-state index contributed by atoms with van der Waals surface area (Å²) in [4.78, 5) is 9.78. The molecule has 0 aliphatic rings. The monoisotopic (exact) mass is 270 g/mol. The van der Waals surface area contributed by atoms with Gasteiger partial charge in [-0.3, -0.25) is 10.1 Å². The summed E-state index contributed by atoms with van der Waals surface area (Å²) in [6.07, 6.45) is 4.93. The fourth-order valence-electron chi connectivity index (χ4n) is 1.20. The lowest BCUT2D eigenvalue weighted by atomic mass is 10.3. The van der Waals surface area contributed by atoms with Crippen molar-refractivity contribution in [3.63, 3.8) is 0 Å². The van der Waals surface area contributed by atoms with Crippen molar-refractivity contribution in [2.45, 2.75) is 4.90 Å². The van der Waals surface area contributed by atoms with Crippen LogP contribution in [0, 0.1) is 22.5 Å². The van der Waals surface area contributed by atoms with Crippen molar-refractivity contribution < 1.29 is 18.1 Å². The highest BCUT2D eigenvalue weighted by Crippen LogP contribution is 2.29. The van der Waals surface area contributed by atoms with Gasteiger partial charge in [0.05, 0.1) is 23.5 Å². The molecule has 0 aliphatic heterocycles. The number of nitro benzene ring substituents is 1. The largest absolute Gasteiger partial charge is 0.490 e. The van der Waals surface area contributed by atoms with E-state index < -0.39 is 20.6 Å². The maximum Gasteiger partial charge on any atom is 0.312 e. The predicted octanol–water partition coefficient (Wildman–Crippen LogP) is 0.515. The van der Waals surface area contributed by atoms with E-state index in [0.717, 1.165) is 6.07 Å². The highest BCUT2D eigenvalue weighted by molar-refractivity contribution is 7.89. The van der Waals surface area contributed by atoms with E-state index in [1.54, 1.807) is 0 Å². The molecule has 8 heteroatoms. The number of nitrogens with one attached hydrogen (secondary N) is 1. The van der Waals surface area contributed by atoms with E-state index in [-0.39, 0.29) is 17.2 Å². The zero-order valence-electron chi connectivity index (χ0n) is 9.41. The number of hydrogen-bond donors (Lipinski definition) is 1. The summed E-state index contributed by atoms with van der Waals surface area (Å²) in [5.74, 6) is 2.09. The Bertz CT molecular complexity index is 603. The minimum absolute atomic E-state index is 0.0177. The van der Waals surface area contributed by atoms with Crippen molar-refractivity contribution >= 4 is 15.7 Å².